The molecule has 29 heavy (non-hydrogen) atoms. The van der Waals surface area contributed by atoms with Crippen LogP contribution in [0.1, 0.15) is 40.3 Å². The average molecular weight is 391 g/mol. The molecule has 0 bridgehead atoms. The highest BCUT2D eigenvalue weighted by molar-refractivity contribution is 6.48. The largest absolute Gasteiger partial charge is 0.287 e. The number of hydrogen-bond acceptors (Lipinski definition) is 5. The number of fused-ring (bicyclic) bond motifs is 1. The van der Waals surface area contributed by atoms with E-state index in [9.17, 15) is 14.0 Å². The maximum Gasteiger partial charge on any atom is 0.271 e. The number of carbonyl (C=O) groups excluding carboxylic acids is 2. The molecule has 1 aliphatic rings. The summed E-state index contributed by atoms with van der Waals surface area (Å²) in [6.07, 6.45) is 4.98. The summed E-state index contributed by atoms with van der Waals surface area (Å²) in [7, 11) is 0. The summed E-state index contributed by atoms with van der Waals surface area (Å²) in [5, 5.41) is 8.46. The molecule has 1 amide bonds. The molecule has 7 nitrogen and oxygen atoms in total. The van der Waals surface area contributed by atoms with E-state index in [4.69, 9.17) is 0 Å². The molecule has 2 aromatic heterocycles. The summed E-state index contributed by atoms with van der Waals surface area (Å²) in [5.41, 5.74) is 4.30. The molecular weight excluding hydrogens is 373 g/mol. The Labute approximate surface area is 166 Å². The van der Waals surface area contributed by atoms with Gasteiger partial charge in [-0.05, 0) is 36.4 Å². The van der Waals surface area contributed by atoms with E-state index < -0.39 is 11.3 Å². The zero-order valence-corrected chi connectivity index (χ0v) is 15.9. The molecule has 0 atom stereocenters. The zero-order chi connectivity index (χ0) is 20.6. The number of hydrazone groups is 1. The van der Waals surface area contributed by atoms with Crippen molar-refractivity contribution in [2.24, 2.45) is 10.5 Å². The number of pyridine rings is 1. The Morgan fingerprint density at radius 1 is 1.17 bits per heavy atom. The smallest absolute Gasteiger partial charge is 0.271 e. The van der Waals surface area contributed by atoms with Crippen molar-refractivity contribution in [1.82, 2.24) is 20.2 Å². The summed E-state index contributed by atoms with van der Waals surface area (Å²) in [5.74, 6) is -1.05. The zero-order valence-electron chi connectivity index (χ0n) is 15.9. The first-order valence-electron chi connectivity index (χ1n) is 9.03. The number of carbonyl (C=O) groups is 2. The second kappa shape index (κ2) is 7.05. The van der Waals surface area contributed by atoms with Crippen LogP contribution in [0.5, 0.6) is 0 Å². The van der Waals surface area contributed by atoms with E-state index in [2.05, 4.69) is 20.6 Å². The number of hydrogen-bond donors (Lipinski definition) is 1. The number of aromatic nitrogens is 3. The fourth-order valence-electron chi connectivity index (χ4n) is 3.35. The van der Waals surface area contributed by atoms with Crippen molar-refractivity contribution >= 4 is 17.4 Å². The third-order valence-corrected chi connectivity index (χ3v) is 4.86. The highest BCUT2D eigenvalue weighted by atomic mass is 19.1. The first-order valence-corrected chi connectivity index (χ1v) is 9.03. The Kier molecular flexibility index (Phi) is 4.54. The van der Waals surface area contributed by atoms with Gasteiger partial charge in [-0.1, -0.05) is 13.8 Å². The SMILES string of the molecule is CC1(C)Cc2c(cnn2-c2ccc(F)cc2)C(=O)/C1=N/NC(=O)c1ccncc1. The van der Waals surface area contributed by atoms with Gasteiger partial charge in [0.25, 0.3) is 5.91 Å². The van der Waals surface area contributed by atoms with Crippen LogP contribution in [0.3, 0.4) is 0 Å². The molecule has 2 heterocycles. The highest BCUT2D eigenvalue weighted by Gasteiger charge is 2.40. The topological polar surface area (TPSA) is 89.2 Å². The number of halogens is 1. The first-order chi connectivity index (χ1) is 13.9. The third-order valence-electron chi connectivity index (χ3n) is 4.86. The van der Waals surface area contributed by atoms with Crippen molar-refractivity contribution in [1.29, 1.82) is 0 Å². The lowest BCUT2D eigenvalue weighted by molar-refractivity contribution is 0.0954. The van der Waals surface area contributed by atoms with Gasteiger partial charge in [0, 0.05) is 29.8 Å². The summed E-state index contributed by atoms with van der Waals surface area (Å²) in [6, 6.07) is 9.04. The standard InChI is InChI=1S/C21H18FN5O2/c1-21(2)11-17-16(12-24-27(17)15-5-3-14(22)4-6-15)18(28)19(21)25-26-20(29)13-7-9-23-10-8-13/h3-10,12H,11H2,1-2H3,(H,26,29)/b25-19-. The van der Waals surface area contributed by atoms with E-state index in [1.165, 1.54) is 30.7 Å². The molecule has 0 unspecified atom stereocenters. The van der Waals surface area contributed by atoms with E-state index in [0.717, 1.165) is 5.69 Å². The summed E-state index contributed by atoms with van der Waals surface area (Å²) in [6.45, 7) is 3.76. The minimum Gasteiger partial charge on any atom is -0.287 e. The Bertz CT molecular complexity index is 1120. The van der Waals surface area contributed by atoms with Gasteiger partial charge < -0.3 is 0 Å². The lowest BCUT2D eigenvalue weighted by Crippen LogP contribution is -2.40. The Balaban J connectivity index is 1.66. The normalized spacial score (nSPS) is 16.5. The quantitative estimate of drug-likeness (QED) is 0.695. The van der Waals surface area contributed by atoms with Crippen LogP contribution >= 0.6 is 0 Å². The van der Waals surface area contributed by atoms with Crippen molar-refractivity contribution in [2.45, 2.75) is 20.3 Å². The number of amides is 1. The lowest BCUT2D eigenvalue weighted by atomic mass is 9.74. The van der Waals surface area contributed by atoms with Crippen LogP contribution in [0.2, 0.25) is 0 Å². The molecule has 0 saturated carbocycles. The maximum absolute atomic E-state index is 13.2. The Morgan fingerprint density at radius 3 is 2.55 bits per heavy atom. The fourth-order valence-corrected chi connectivity index (χ4v) is 3.35. The summed E-state index contributed by atoms with van der Waals surface area (Å²) < 4.78 is 14.9. The second-order valence-corrected chi connectivity index (χ2v) is 7.42. The first kappa shape index (κ1) is 18.7. The number of nitrogens with zero attached hydrogens (tertiary/aromatic N) is 4. The molecule has 4 rings (SSSR count). The van der Waals surface area contributed by atoms with Crippen molar-refractivity contribution in [3.8, 4) is 5.69 Å². The van der Waals surface area contributed by atoms with Crippen LogP contribution in [0, 0.1) is 11.2 Å². The van der Waals surface area contributed by atoms with Crippen LogP contribution in [0.15, 0.2) is 60.1 Å². The molecule has 146 valence electrons. The van der Waals surface area contributed by atoms with Crippen molar-refractivity contribution < 1.29 is 14.0 Å². The molecule has 0 radical (unpaired) electrons. The van der Waals surface area contributed by atoms with Gasteiger partial charge in [0.1, 0.15) is 11.5 Å². The number of benzene rings is 1. The minimum absolute atomic E-state index is 0.256. The van der Waals surface area contributed by atoms with E-state index in [1.807, 2.05) is 13.8 Å². The average Bonchev–Trinajstić information content (AvgIpc) is 3.11. The molecule has 1 aliphatic carbocycles. The van der Waals surface area contributed by atoms with Crippen molar-refractivity contribution in [3.63, 3.8) is 0 Å². The van der Waals surface area contributed by atoms with Gasteiger partial charge >= 0.3 is 0 Å². The van der Waals surface area contributed by atoms with Crippen LogP contribution in [-0.4, -0.2) is 32.2 Å². The summed E-state index contributed by atoms with van der Waals surface area (Å²) >= 11 is 0. The van der Waals surface area contributed by atoms with E-state index >= 15 is 0 Å². The van der Waals surface area contributed by atoms with Crippen molar-refractivity contribution in [2.75, 3.05) is 0 Å². The number of rotatable bonds is 3. The van der Waals surface area contributed by atoms with Crippen molar-refractivity contribution in [3.05, 3.63) is 77.6 Å². The fraction of sp³-hybridized carbons (Fsp3) is 0.190. The van der Waals surface area contributed by atoms with Gasteiger partial charge in [-0.25, -0.2) is 14.5 Å². The van der Waals surface area contributed by atoms with Crippen LogP contribution in [0.4, 0.5) is 4.39 Å². The van der Waals surface area contributed by atoms with E-state index in [0.29, 0.717) is 23.2 Å². The Hall–Kier alpha value is -3.68. The third kappa shape index (κ3) is 3.44. The molecule has 0 saturated heterocycles. The number of Topliss-reactive ketones (excluding diaryl/α,β-unsaturated/α-hetero) is 1. The molecular formula is C21H18FN5O2. The van der Waals surface area contributed by atoms with Gasteiger partial charge in [0.2, 0.25) is 5.78 Å². The maximum atomic E-state index is 13.2. The monoisotopic (exact) mass is 391 g/mol. The molecule has 0 aliphatic heterocycles. The summed E-state index contributed by atoms with van der Waals surface area (Å²) in [4.78, 5) is 29.2. The van der Waals surface area contributed by atoms with Gasteiger partial charge in [-0.15, -0.1) is 0 Å². The van der Waals surface area contributed by atoms with Crippen LogP contribution in [0.25, 0.3) is 5.69 Å². The Morgan fingerprint density at radius 2 is 1.86 bits per heavy atom. The molecule has 3 aromatic rings. The molecule has 1 N–H and O–H groups in total. The minimum atomic E-state index is -0.632. The molecule has 0 spiro atoms. The van der Waals surface area contributed by atoms with E-state index in [1.54, 1.807) is 28.9 Å². The van der Waals surface area contributed by atoms with Crippen LogP contribution < -0.4 is 5.43 Å². The lowest BCUT2D eigenvalue weighted by Gasteiger charge is -2.30. The second-order valence-electron chi connectivity index (χ2n) is 7.42. The van der Waals surface area contributed by atoms with E-state index in [-0.39, 0.29) is 17.3 Å². The predicted molar refractivity (Wildman–Crippen MR) is 104 cm³/mol. The molecule has 1 aromatic carbocycles. The molecule has 8 heteroatoms. The highest BCUT2D eigenvalue weighted by Crippen LogP contribution is 2.34. The molecule has 0 fully saturated rings. The van der Waals surface area contributed by atoms with Gasteiger partial charge in [-0.3, -0.25) is 14.6 Å². The van der Waals surface area contributed by atoms with Crippen LogP contribution in [-0.2, 0) is 6.42 Å². The van der Waals surface area contributed by atoms with Gasteiger partial charge in [0.15, 0.2) is 0 Å². The number of nitrogens with one attached hydrogen (secondary N) is 1. The van der Waals surface area contributed by atoms with Gasteiger partial charge in [0.05, 0.1) is 23.1 Å². The van der Waals surface area contributed by atoms with Gasteiger partial charge in [-0.2, -0.15) is 10.2 Å². The predicted octanol–water partition coefficient (Wildman–Crippen LogP) is 2.96. The number of ketones is 1.